The van der Waals surface area contributed by atoms with Crippen LogP contribution in [-0.4, -0.2) is 70.7 Å². The fourth-order valence-electron chi connectivity index (χ4n) is 3.07. The van der Waals surface area contributed by atoms with Crippen molar-refractivity contribution < 1.29 is 50.7 Å². The number of hydrogen-bond donors (Lipinski definition) is 0. The number of carbonyl (C=O) groups is 3. The van der Waals surface area contributed by atoms with Crippen LogP contribution in [0.1, 0.15) is 26.3 Å². The molecule has 5 atom stereocenters. The van der Waals surface area contributed by atoms with Gasteiger partial charge in [-0.25, -0.2) is 0 Å². The molecule has 0 aliphatic carbocycles. The van der Waals surface area contributed by atoms with Gasteiger partial charge >= 0.3 is 17.9 Å². The maximum atomic E-state index is 13.0. The van der Waals surface area contributed by atoms with E-state index >= 15 is 0 Å². The van der Waals surface area contributed by atoms with Crippen LogP contribution in [0.2, 0.25) is 0 Å². The van der Waals surface area contributed by atoms with E-state index in [-0.39, 0.29) is 4.90 Å². The van der Waals surface area contributed by atoms with Gasteiger partial charge in [0.15, 0.2) is 24.6 Å². The fourth-order valence-corrected chi connectivity index (χ4v) is 4.16. The minimum atomic E-state index is -4.40. The van der Waals surface area contributed by atoms with E-state index < -0.39 is 65.3 Å². The standard InChI is InChI=1S/C20H26O11S/c1-11-6-8-15(9-7-11)32(24,25)31-18-17(28-13(3)22)16(10-27-12(2)21)30-20(26-5)19(18)29-14(4)23/h6-9,16-20H,10H2,1-5H3. The number of hydrogen-bond acceptors (Lipinski definition) is 11. The van der Waals surface area contributed by atoms with Gasteiger partial charge in [0.25, 0.3) is 10.1 Å². The molecule has 1 saturated heterocycles. The number of aryl methyl sites for hydroxylation is 1. The summed E-state index contributed by atoms with van der Waals surface area (Å²) in [4.78, 5) is 34.6. The van der Waals surface area contributed by atoms with Crippen LogP contribution in [0.5, 0.6) is 0 Å². The number of benzene rings is 1. The van der Waals surface area contributed by atoms with Crippen molar-refractivity contribution in [3.05, 3.63) is 29.8 Å². The van der Waals surface area contributed by atoms with Gasteiger partial charge < -0.3 is 23.7 Å². The first-order valence-electron chi connectivity index (χ1n) is 9.60. The Balaban J connectivity index is 2.49. The second-order valence-electron chi connectivity index (χ2n) is 7.06. The molecule has 1 aliphatic rings. The largest absolute Gasteiger partial charge is 0.463 e. The Hall–Kier alpha value is -2.54. The van der Waals surface area contributed by atoms with Crippen LogP contribution < -0.4 is 0 Å². The van der Waals surface area contributed by atoms with Crippen molar-refractivity contribution in [1.29, 1.82) is 0 Å². The normalized spacial score (nSPS) is 25.6. The lowest BCUT2D eigenvalue weighted by Gasteiger charge is -2.43. The lowest BCUT2D eigenvalue weighted by atomic mass is 9.98. The zero-order valence-corrected chi connectivity index (χ0v) is 19.1. The zero-order chi connectivity index (χ0) is 24.1. The second-order valence-corrected chi connectivity index (χ2v) is 8.63. The first kappa shape index (κ1) is 25.7. The number of rotatable bonds is 8. The molecule has 11 nitrogen and oxygen atoms in total. The molecule has 5 unspecified atom stereocenters. The van der Waals surface area contributed by atoms with Crippen LogP contribution in [-0.2, 0) is 52.4 Å². The van der Waals surface area contributed by atoms with E-state index in [0.29, 0.717) is 0 Å². The van der Waals surface area contributed by atoms with E-state index in [1.165, 1.54) is 19.2 Å². The number of esters is 3. The highest BCUT2D eigenvalue weighted by Gasteiger charge is 2.53. The highest BCUT2D eigenvalue weighted by atomic mass is 32.2. The van der Waals surface area contributed by atoms with E-state index in [4.69, 9.17) is 27.9 Å². The van der Waals surface area contributed by atoms with Crippen molar-refractivity contribution in [3.63, 3.8) is 0 Å². The van der Waals surface area contributed by atoms with Gasteiger partial charge in [0, 0.05) is 27.9 Å². The minimum Gasteiger partial charge on any atom is -0.463 e. The number of carbonyl (C=O) groups excluding carboxylic acids is 3. The van der Waals surface area contributed by atoms with Crippen LogP contribution in [0, 0.1) is 6.92 Å². The summed E-state index contributed by atoms with van der Waals surface area (Å²) in [5, 5.41) is 0. The average Bonchev–Trinajstić information content (AvgIpc) is 2.69. The van der Waals surface area contributed by atoms with Crippen LogP contribution in [0.15, 0.2) is 29.2 Å². The summed E-state index contributed by atoms with van der Waals surface area (Å²) in [6.45, 7) is 4.74. The Morgan fingerprint density at radius 1 is 0.906 bits per heavy atom. The van der Waals surface area contributed by atoms with Crippen molar-refractivity contribution in [2.75, 3.05) is 13.7 Å². The first-order chi connectivity index (χ1) is 14.9. The zero-order valence-electron chi connectivity index (χ0n) is 18.3. The Morgan fingerprint density at radius 2 is 1.47 bits per heavy atom. The van der Waals surface area contributed by atoms with Gasteiger partial charge in [-0.15, -0.1) is 0 Å². The van der Waals surface area contributed by atoms with Crippen molar-refractivity contribution in [1.82, 2.24) is 0 Å². The Labute approximate surface area is 186 Å². The molecule has 1 fully saturated rings. The van der Waals surface area contributed by atoms with E-state index in [0.717, 1.165) is 26.3 Å². The molecule has 1 heterocycles. The Kier molecular flexibility index (Phi) is 8.73. The van der Waals surface area contributed by atoms with Crippen molar-refractivity contribution in [2.24, 2.45) is 0 Å². The van der Waals surface area contributed by atoms with E-state index in [9.17, 15) is 22.8 Å². The molecule has 0 N–H and O–H groups in total. The Bertz CT molecular complexity index is 925. The van der Waals surface area contributed by atoms with Crippen molar-refractivity contribution in [3.8, 4) is 0 Å². The average molecular weight is 474 g/mol. The van der Waals surface area contributed by atoms with Crippen molar-refractivity contribution >= 4 is 28.0 Å². The summed E-state index contributed by atoms with van der Waals surface area (Å²) in [6, 6.07) is 5.84. The predicted molar refractivity (Wildman–Crippen MR) is 107 cm³/mol. The summed E-state index contributed by atoms with van der Waals surface area (Å²) >= 11 is 0. The molecule has 0 saturated carbocycles. The minimum absolute atomic E-state index is 0.164. The maximum Gasteiger partial charge on any atom is 0.303 e. The summed E-state index contributed by atoms with van der Waals surface area (Å²) in [5.41, 5.74) is 0.825. The smallest absolute Gasteiger partial charge is 0.303 e. The highest BCUT2D eigenvalue weighted by molar-refractivity contribution is 7.86. The van der Waals surface area contributed by atoms with Gasteiger partial charge in [-0.1, -0.05) is 17.7 Å². The topological polar surface area (TPSA) is 141 Å². The van der Waals surface area contributed by atoms with Crippen molar-refractivity contribution in [2.45, 2.75) is 63.3 Å². The lowest BCUT2D eigenvalue weighted by Crippen LogP contribution is -2.62. The van der Waals surface area contributed by atoms with Gasteiger partial charge in [-0.05, 0) is 19.1 Å². The number of methoxy groups -OCH3 is 1. The van der Waals surface area contributed by atoms with Crippen LogP contribution >= 0.6 is 0 Å². The molecule has 1 aliphatic heterocycles. The molecule has 0 bridgehead atoms. The fraction of sp³-hybridized carbons (Fsp3) is 0.550. The molecule has 1 aromatic rings. The molecule has 32 heavy (non-hydrogen) atoms. The Morgan fingerprint density at radius 3 is 1.97 bits per heavy atom. The van der Waals surface area contributed by atoms with E-state index in [2.05, 4.69) is 0 Å². The summed E-state index contributed by atoms with van der Waals surface area (Å²) in [5.74, 6) is -2.21. The van der Waals surface area contributed by atoms with E-state index in [1.54, 1.807) is 19.1 Å². The molecule has 0 spiro atoms. The summed E-state index contributed by atoms with van der Waals surface area (Å²) < 4.78 is 57.7. The number of ether oxygens (including phenoxy) is 5. The van der Waals surface area contributed by atoms with Gasteiger partial charge in [-0.2, -0.15) is 8.42 Å². The molecule has 2 rings (SSSR count). The van der Waals surface area contributed by atoms with Crippen LogP contribution in [0.4, 0.5) is 0 Å². The molecule has 0 aromatic heterocycles. The van der Waals surface area contributed by atoms with Gasteiger partial charge in [-0.3, -0.25) is 18.6 Å². The summed E-state index contributed by atoms with van der Waals surface area (Å²) in [6.07, 6.45) is -6.87. The van der Waals surface area contributed by atoms with Crippen LogP contribution in [0.3, 0.4) is 0 Å². The third kappa shape index (κ3) is 6.73. The van der Waals surface area contributed by atoms with Gasteiger partial charge in [0.2, 0.25) is 0 Å². The highest BCUT2D eigenvalue weighted by Crippen LogP contribution is 2.31. The third-order valence-corrected chi connectivity index (χ3v) is 5.75. The predicted octanol–water partition coefficient (Wildman–Crippen LogP) is 0.867. The first-order valence-corrected chi connectivity index (χ1v) is 11.0. The molecule has 0 radical (unpaired) electrons. The second kappa shape index (κ2) is 10.9. The van der Waals surface area contributed by atoms with Gasteiger partial charge in [0.05, 0.1) is 4.90 Å². The van der Waals surface area contributed by atoms with Crippen LogP contribution in [0.25, 0.3) is 0 Å². The molecular formula is C20H26O11S. The molecule has 12 heteroatoms. The molecule has 1 aromatic carbocycles. The molecular weight excluding hydrogens is 448 g/mol. The maximum absolute atomic E-state index is 13.0. The summed E-state index contributed by atoms with van der Waals surface area (Å²) in [7, 11) is -3.16. The quantitative estimate of drug-likeness (QED) is 0.301. The SMILES string of the molecule is COC1OC(COC(C)=O)C(OC(C)=O)C(OS(=O)(=O)c2ccc(C)cc2)C1OC(C)=O. The lowest BCUT2D eigenvalue weighted by molar-refractivity contribution is -0.295. The monoisotopic (exact) mass is 474 g/mol. The molecule has 178 valence electrons. The van der Waals surface area contributed by atoms with Gasteiger partial charge in [0.1, 0.15) is 12.7 Å². The molecule has 0 amide bonds. The third-order valence-electron chi connectivity index (χ3n) is 4.43. The van der Waals surface area contributed by atoms with E-state index in [1.807, 2.05) is 0 Å².